The van der Waals surface area contributed by atoms with Crippen LogP contribution in [-0.2, 0) is 16.1 Å². The van der Waals surface area contributed by atoms with Gasteiger partial charge in [-0.05, 0) is 54.8 Å². The molecule has 1 N–H and O–H groups in total. The maximum absolute atomic E-state index is 13.4. The van der Waals surface area contributed by atoms with Crippen molar-refractivity contribution in [3.05, 3.63) is 70.9 Å². The van der Waals surface area contributed by atoms with Crippen LogP contribution in [0.3, 0.4) is 0 Å². The average Bonchev–Trinajstić information content (AvgIpc) is 3.43. The van der Waals surface area contributed by atoms with Gasteiger partial charge in [-0.25, -0.2) is 9.69 Å². The summed E-state index contributed by atoms with van der Waals surface area (Å²) in [6.45, 7) is 2.68. The molecule has 2 aromatic carbocycles. The van der Waals surface area contributed by atoms with Crippen molar-refractivity contribution in [3.63, 3.8) is 0 Å². The standard InChI is InChI=1S/C25H25N3O5S/c1-3-33-19-11-9-17(10-12-19)26-23(29)15-22-24(30)28(18-6-4-7-20(14-18)32-2)25(31)27(22)16-21-8-5-13-34-21/h4-14,22H,3,15-16H2,1-2H3,(H,26,29)/t22-/m1/s1. The number of nitrogens with zero attached hydrogens (tertiary/aromatic N) is 2. The Morgan fingerprint density at radius 1 is 1.06 bits per heavy atom. The van der Waals surface area contributed by atoms with Crippen LogP contribution in [0, 0.1) is 0 Å². The van der Waals surface area contributed by atoms with Gasteiger partial charge in [-0.3, -0.25) is 9.59 Å². The fraction of sp³-hybridized carbons (Fsp3) is 0.240. The largest absolute Gasteiger partial charge is 0.497 e. The van der Waals surface area contributed by atoms with Crippen molar-refractivity contribution in [2.24, 2.45) is 0 Å². The highest BCUT2D eigenvalue weighted by atomic mass is 32.1. The van der Waals surface area contributed by atoms with Gasteiger partial charge < -0.3 is 19.7 Å². The number of hydrogen-bond acceptors (Lipinski definition) is 6. The first kappa shape index (κ1) is 23.3. The topological polar surface area (TPSA) is 88.2 Å². The molecule has 3 aromatic rings. The zero-order valence-corrected chi connectivity index (χ0v) is 19.7. The number of carbonyl (C=O) groups is 3. The average molecular weight is 480 g/mol. The van der Waals surface area contributed by atoms with E-state index in [1.807, 2.05) is 24.4 Å². The number of hydrogen-bond donors (Lipinski definition) is 1. The van der Waals surface area contributed by atoms with E-state index >= 15 is 0 Å². The quantitative estimate of drug-likeness (QED) is 0.456. The number of amides is 4. The summed E-state index contributed by atoms with van der Waals surface area (Å²) >= 11 is 1.49. The molecule has 1 aliphatic heterocycles. The van der Waals surface area contributed by atoms with Crippen molar-refractivity contribution in [1.82, 2.24) is 4.90 Å². The maximum atomic E-state index is 13.4. The van der Waals surface area contributed by atoms with Gasteiger partial charge in [0.05, 0.1) is 32.4 Å². The maximum Gasteiger partial charge on any atom is 0.332 e. The second-order valence-electron chi connectivity index (χ2n) is 7.59. The molecule has 1 atom stereocenters. The molecular weight excluding hydrogens is 454 g/mol. The second-order valence-corrected chi connectivity index (χ2v) is 8.62. The number of thiophene rings is 1. The molecule has 0 aliphatic carbocycles. The summed E-state index contributed by atoms with van der Waals surface area (Å²) in [4.78, 5) is 43.1. The van der Waals surface area contributed by atoms with E-state index in [2.05, 4.69) is 5.32 Å². The number of imide groups is 1. The summed E-state index contributed by atoms with van der Waals surface area (Å²) in [6.07, 6.45) is -0.163. The summed E-state index contributed by atoms with van der Waals surface area (Å²) < 4.78 is 10.7. The Morgan fingerprint density at radius 3 is 2.53 bits per heavy atom. The highest BCUT2D eigenvalue weighted by molar-refractivity contribution is 7.09. The Balaban J connectivity index is 1.55. The fourth-order valence-corrected chi connectivity index (χ4v) is 4.46. The Kier molecular flexibility index (Phi) is 7.12. The Labute approximate surface area is 201 Å². The summed E-state index contributed by atoms with van der Waals surface area (Å²) in [6, 6.07) is 16.1. The monoisotopic (exact) mass is 479 g/mol. The molecule has 0 spiro atoms. The van der Waals surface area contributed by atoms with Gasteiger partial charge in [-0.1, -0.05) is 12.1 Å². The van der Waals surface area contributed by atoms with Crippen molar-refractivity contribution >= 4 is 40.6 Å². The van der Waals surface area contributed by atoms with Gasteiger partial charge in [-0.15, -0.1) is 11.3 Å². The number of urea groups is 1. The zero-order chi connectivity index (χ0) is 24.1. The molecule has 1 fully saturated rings. The van der Waals surface area contributed by atoms with Gasteiger partial charge in [0.2, 0.25) is 5.91 Å². The first-order valence-corrected chi connectivity index (χ1v) is 11.7. The van der Waals surface area contributed by atoms with Crippen LogP contribution in [0.1, 0.15) is 18.2 Å². The van der Waals surface area contributed by atoms with Crippen LogP contribution >= 0.6 is 11.3 Å². The molecule has 4 amide bonds. The molecule has 0 saturated carbocycles. The highest BCUT2D eigenvalue weighted by Crippen LogP contribution is 2.31. The predicted octanol–water partition coefficient (Wildman–Crippen LogP) is 4.52. The minimum Gasteiger partial charge on any atom is -0.497 e. The van der Waals surface area contributed by atoms with Crippen molar-refractivity contribution in [3.8, 4) is 11.5 Å². The zero-order valence-electron chi connectivity index (χ0n) is 18.9. The van der Waals surface area contributed by atoms with Gasteiger partial charge in [0, 0.05) is 16.6 Å². The van der Waals surface area contributed by atoms with Gasteiger partial charge in [-0.2, -0.15) is 0 Å². The Bertz CT molecular complexity index is 1160. The number of benzene rings is 2. The molecule has 34 heavy (non-hydrogen) atoms. The van der Waals surface area contributed by atoms with E-state index in [0.717, 1.165) is 9.78 Å². The minimum atomic E-state index is -0.927. The number of methoxy groups -OCH3 is 1. The van der Waals surface area contributed by atoms with Crippen LogP contribution in [0.4, 0.5) is 16.2 Å². The van der Waals surface area contributed by atoms with Crippen molar-refractivity contribution in [2.75, 3.05) is 23.9 Å². The summed E-state index contributed by atoms with van der Waals surface area (Å²) in [7, 11) is 1.52. The van der Waals surface area contributed by atoms with Crippen LogP contribution in [0.5, 0.6) is 11.5 Å². The third-order valence-electron chi connectivity index (χ3n) is 5.36. The lowest BCUT2D eigenvalue weighted by molar-refractivity contribution is -0.124. The van der Waals surface area contributed by atoms with Gasteiger partial charge in [0.25, 0.3) is 5.91 Å². The molecule has 176 valence electrons. The molecule has 0 unspecified atom stereocenters. The first-order chi connectivity index (χ1) is 16.5. The van der Waals surface area contributed by atoms with E-state index in [1.165, 1.54) is 23.3 Å². The van der Waals surface area contributed by atoms with Crippen LogP contribution in [0.15, 0.2) is 66.0 Å². The Morgan fingerprint density at radius 2 is 1.85 bits per heavy atom. The second kappa shape index (κ2) is 10.4. The lowest BCUT2D eigenvalue weighted by atomic mass is 10.1. The summed E-state index contributed by atoms with van der Waals surface area (Å²) in [5, 5.41) is 4.71. The first-order valence-electron chi connectivity index (χ1n) is 10.8. The number of rotatable bonds is 9. The lowest BCUT2D eigenvalue weighted by Gasteiger charge is -2.21. The molecule has 2 heterocycles. The van der Waals surface area contributed by atoms with Crippen LogP contribution in [-0.4, -0.2) is 42.5 Å². The molecular formula is C25H25N3O5S. The van der Waals surface area contributed by atoms with Gasteiger partial charge in [0.15, 0.2) is 0 Å². The fourth-order valence-electron chi connectivity index (χ4n) is 3.76. The molecule has 1 aliphatic rings. The molecule has 4 rings (SSSR count). The van der Waals surface area contributed by atoms with Gasteiger partial charge in [0.1, 0.15) is 17.5 Å². The van der Waals surface area contributed by atoms with E-state index in [9.17, 15) is 14.4 Å². The molecule has 0 radical (unpaired) electrons. The molecule has 0 bridgehead atoms. The van der Waals surface area contributed by atoms with E-state index in [4.69, 9.17) is 9.47 Å². The van der Waals surface area contributed by atoms with Crippen LogP contribution < -0.4 is 19.7 Å². The van der Waals surface area contributed by atoms with Crippen molar-refractivity contribution in [1.29, 1.82) is 0 Å². The summed E-state index contributed by atoms with van der Waals surface area (Å²) in [5.74, 6) is 0.420. The van der Waals surface area contributed by atoms with Crippen molar-refractivity contribution in [2.45, 2.75) is 25.9 Å². The number of ether oxygens (including phenoxy) is 2. The number of nitrogens with one attached hydrogen (secondary N) is 1. The number of carbonyl (C=O) groups excluding carboxylic acids is 3. The normalized spacial score (nSPS) is 15.5. The molecule has 1 aromatic heterocycles. The molecule has 8 nitrogen and oxygen atoms in total. The molecule has 9 heteroatoms. The minimum absolute atomic E-state index is 0.163. The Hall–Kier alpha value is -3.85. The van der Waals surface area contributed by atoms with E-state index < -0.39 is 18.0 Å². The van der Waals surface area contributed by atoms with Crippen LogP contribution in [0.25, 0.3) is 0 Å². The lowest BCUT2D eigenvalue weighted by Crippen LogP contribution is -2.37. The van der Waals surface area contributed by atoms with E-state index in [1.54, 1.807) is 48.5 Å². The third kappa shape index (κ3) is 5.04. The highest BCUT2D eigenvalue weighted by Gasteiger charge is 2.46. The smallest absolute Gasteiger partial charge is 0.332 e. The number of anilines is 2. The SMILES string of the molecule is CCOc1ccc(NC(=O)C[C@@H]2C(=O)N(c3cccc(OC)c3)C(=O)N2Cc2cccs2)cc1. The van der Waals surface area contributed by atoms with Crippen LogP contribution in [0.2, 0.25) is 0 Å². The summed E-state index contributed by atoms with van der Waals surface area (Å²) in [5.41, 5.74) is 0.986. The third-order valence-corrected chi connectivity index (χ3v) is 6.23. The molecule has 1 saturated heterocycles. The van der Waals surface area contributed by atoms with E-state index in [-0.39, 0.29) is 18.9 Å². The van der Waals surface area contributed by atoms with Crippen molar-refractivity contribution < 1.29 is 23.9 Å². The van der Waals surface area contributed by atoms with E-state index in [0.29, 0.717) is 29.5 Å². The van der Waals surface area contributed by atoms with Gasteiger partial charge >= 0.3 is 6.03 Å². The predicted molar refractivity (Wildman–Crippen MR) is 130 cm³/mol.